The molecule has 4 nitrogen and oxygen atoms in total. The van der Waals surface area contributed by atoms with Crippen molar-refractivity contribution in [2.45, 2.75) is 13.5 Å². The van der Waals surface area contributed by atoms with E-state index in [9.17, 15) is 0 Å². The summed E-state index contributed by atoms with van der Waals surface area (Å²) in [5.41, 5.74) is 7.11. The van der Waals surface area contributed by atoms with Gasteiger partial charge in [-0.2, -0.15) is 9.47 Å². The fourth-order valence-corrected chi connectivity index (χ4v) is 5.79. The summed E-state index contributed by atoms with van der Waals surface area (Å²) < 4.78 is 10.1. The van der Waals surface area contributed by atoms with E-state index in [1.807, 2.05) is 12.4 Å². The maximum absolute atomic E-state index is 4.79. The Balaban J connectivity index is 1.60. The highest BCUT2D eigenvalue weighted by molar-refractivity contribution is 7.14. The van der Waals surface area contributed by atoms with Gasteiger partial charge in [-0.05, 0) is 42.2 Å². The van der Waals surface area contributed by atoms with Crippen LogP contribution in [0.5, 0.6) is 0 Å². The predicted octanol–water partition coefficient (Wildman–Crippen LogP) is 6.89. The van der Waals surface area contributed by atoms with Crippen LogP contribution >= 0.6 is 11.5 Å². The Bertz CT molecular complexity index is 1780. The Labute approximate surface area is 182 Å². The van der Waals surface area contributed by atoms with Gasteiger partial charge in [-0.3, -0.25) is 0 Å². The summed E-state index contributed by atoms with van der Waals surface area (Å²) in [7, 11) is 0. The van der Waals surface area contributed by atoms with Gasteiger partial charge >= 0.3 is 0 Å². The van der Waals surface area contributed by atoms with Crippen LogP contribution < -0.4 is 0 Å². The van der Waals surface area contributed by atoms with E-state index in [1.54, 1.807) is 0 Å². The van der Waals surface area contributed by atoms with Crippen molar-refractivity contribution in [3.05, 3.63) is 79.1 Å². The molecule has 7 rings (SSSR count). The van der Waals surface area contributed by atoms with E-state index >= 15 is 0 Å². The molecule has 3 aromatic carbocycles. The molecule has 4 aromatic heterocycles. The van der Waals surface area contributed by atoms with E-state index in [4.69, 9.17) is 5.10 Å². The van der Waals surface area contributed by atoms with Gasteiger partial charge in [-0.25, -0.2) is 4.52 Å². The molecule has 7 aromatic rings. The highest BCUT2D eigenvalue weighted by Crippen LogP contribution is 2.38. The van der Waals surface area contributed by atoms with Crippen molar-refractivity contribution in [2.24, 2.45) is 0 Å². The van der Waals surface area contributed by atoms with Crippen molar-refractivity contribution < 1.29 is 0 Å². The summed E-state index contributed by atoms with van der Waals surface area (Å²) >= 11 is 1.53. The normalized spacial score (nSPS) is 12.2. The monoisotopic (exact) mass is 418 g/mol. The predicted molar refractivity (Wildman–Crippen MR) is 130 cm³/mol. The van der Waals surface area contributed by atoms with E-state index in [0.717, 1.165) is 23.1 Å². The molecule has 0 aliphatic carbocycles. The van der Waals surface area contributed by atoms with Crippen LogP contribution in [0.2, 0.25) is 0 Å². The average molecular weight is 419 g/mol. The molecule has 5 heteroatoms. The number of hydrogen-bond acceptors (Lipinski definition) is 3. The Morgan fingerprint density at radius 3 is 2.42 bits per heavy atom. The van der Waals surface area contributed by atoms with Crippen molar-refractivity contribution in [1.82, 2.24) is 18.6 Å². The number of aryl methyl sites for hydroxylation is 1. The van der Waals surface area contributed by atoms with Gasteiger partial charge in [0.2, 0.25) is 0 Å². The van der Waals surface area contributed by atoms with Crippen molar-refractivity contribution in [2.75, 3.05) is 0 Å². The zero-order valence-corrected chi connectivity index (χ0v) is 17.7. The van der Waals surface area contributed by atoms with Crippen molar-refractivity contribution >= 4 is 59.8 Å². The molecule has 4 heterocycles. The Morgan fingerprint density at radius 2 is 1.55 bits per heavy atom. The third kappa shape index (κ3) is 2.19. The number of pyridine rings is 1. The minimum absolute atomic E-state index is 0.952. The first-order chi connectivity index (χ1) is 15.3. The molecule has 0 aliphatic rings. The Hall–Kier alpha value is -3.70. The smallest absolute Gasteiger partial charge is 0.104 e. The number of para-hydroxylation sites is 1. The maximum Gasteiger partial charge on any atom is 0.104 e. The number of aromatic nitrogens is 4. The van der Waals surface area contributed by atoms with E-state index < -0.39 is 0 Å². The minimum Gasteiger partial charge on any atom is -0.341 e. The summed E-state index contributed by atoms with van der Waals surface area (Å²) in [5, 5.41) is 9.82. The molecule has 0 fully saturated rings. The van der Waals surface area contributed by atoms with Crippen LogP contribution in [0.4, 0.5) is 0 Å². The van der Waals surface area contributed by atoms with E-state index in [2.05, 4.69) is 87.1 Å². The number of nitrogens with zero attached hydrogens (tertiary/aromatic N) is 4. The molecule has 0 N–H and O–H groups in total. The number of hydrogen-bond donors (Lipinski definition) is 0. The highest BCUT2D eigenvalue weighted by atomic mass is 32.1. The van der Waals surface area contributed by atoms with Gasteiger partial charge in [-0.1, -0.05) is 48.5 Å². The number of fused-ring (bicyclic) bond motifs is 9. The first-order valence-electron chi connectivity index (χ1n) is 10.5. The summed E-state index contributed by atoms with van der Waals surface area (Å²) in [6.45, 7) is 3.16. The van der Waals surface area contributed by atoms with Crippen LogP contribution in [0.15, 0.2) is 79.1 Å². The molecule has 0 bridgehead atoms. The van der Waals surface area contributed by atoms with Crippen molar-refractivity contribution in [3.8, 4) is 11.1 Å². The lowest BCUT2D eigenvalue weighted by atomic mass is 10.0. The molecular formula is C26H18N4S. The molecular weight excluding hydrogens is 400 g/mol. The first-order valence-corrected chi connectivity index (χ1v) is 11.3. The van der Waals surface area contributed by atoms with Crippen LogP contribution in [0, 0.1) is 0 Å². The van der Waals surface area contributed by atoms with Gasteiger partial charge < -0.3 is 4.57 Å². The first kappa shape index (κ1) is 17.0. The van der Waals surface area contributed by atoms with E-state index in [0.29, 0.717) is 0 Å². The molecule has 0 unspecified atom stereocenters. The molecule has 0 saturated heterocycles. The quantitative estimate of drug-likeness (QED) is 0.306. The van der Waals surface area contributed by atoms with Crippen LogP contribution in [-0.2, 0) is 6.54 Å². The number of benzene rings is 3. The summed E-state index contributed by atoms with van der Waals surface area (Å²) in [6, 6.07) is 24.1. The second-order valence-corrected chi connectivity index (χ2v) is 8.70. The highest BCUT2D eigenvalue weighted by Gasteiger charge is 2.17. The second-order valence-electron chi connectivity index (χ2n) is 7.90. The molecule has 0 radical (unpaired) electrons. The van der Waals surface area contributed by atoms with Crippen molar-refractivity contribution in [1.29, 1.82) is 0 Å². The third-order valence-electron chi connectivity index (χ3n) is 6.38. The lowest BCUT2D eigenvalue weighted by molar-refractivity contribution is 0.827. The van der Waals surface area contributed by atoms with E-state index in [1.165, 1.54) is 54.4 Å². The van der Waals surface area contributed by atoms with Crippen molar-refractivity contribution in [3.63, 3.8) is 0 Å². The summed E-state index contributed by atoms with van der Waals surface area (Å²) in [5.74, 6) is 0. The van der Waals surface area contributed by atoms with Gasteiger partial charge in [0.25, 0.3) is 0 Å². The maximum atomic E-state index is 4.79. The zero-order valence-electron chi connectivity index (χ0n) is 16.9. The van der Waals surface area contributed by atoms with Gasteiger partial charge in [0.05, 0.1) is 22.6 Å². The molecule has 0 spiro atoms. The molecule has 31 heavy (non-hydrogen) atoms. The molecule has 148 valence electrons. The third-order valence-corrected chi connectivity index (χ3v) is 7.20. The van der Waals surface area contributed by atoms with Crippen LogP contribution in [0.25, 0.3) is 59.4 Å². The summed E-state index contributed by atoms with van der Waals surface area (Å²) in [6.07, 6.45) is 3.92. The van der Waals surface area contributed by atoms with Gasteiger partial charge in [-0.15, -0.1) is 0 Å². The molecule has 0 amide bonds. The SMILES string of the molecule is CCn1c2ccccc2c2cc(-c3cnn4c5cnsc5c5ccccc5c34)ccc21. The topological polar surface area (TPSA) is 35.1 Å². The fraction of sp³-hybridized carbons (Fsp3) is 0.0769. The largest absolute Gasteiger partial charge is 0.341 e. The summed E-state index contributed by atoms with van der Waals surface area (Å²) in [4.78, 5) is 0. The van der Waals surface area contributed by atoms with Gasteiger partial charge in [0.15, 0.2) is 0 Å². The average Bonchev–Trinajstić information content (AvgIpc) is 3.54. The second kappa shape index (κ2) is 6.15. The zero-order chi connectivity index (χ0) is 20.5. The Kier molecular flexibility index (Phi) is 3.38. The van der Waals surface area contributed by atoms with Crippen LogP contribution in [-0.4, -0.2) is 18.6 Å². The Morgan fingerprint density at radius 1 is 0.774 bits per heavy atom. The fourth-order valence-electron chi connectivity index (χ4n) is 5.02. The lowest BCUT2D eigenvalue weighted by Gasteiger charge is -2.07. The minimum atomic E-state index is 0.952. The van der Waals surface area contributed by atoms with Crippen LogP contribution in [0.3, 0.4) is 0 Å². The van der Waals surface area contributed by atoms with Crippen LogP contribution in [0.1, 0.15) is 6.92 Å². The molecule has 0 saturated carbocycles. The van der Waals surface area contributed by atoms with Gasteiger partial charge in [0, 0.05) is 44.7 Å². The number of rotatable bonds is 2. The lowest BCUT2D eigenvalue weighted by Crippen LogP contribution is -1.92. The van der Waals surface area contributed by atoms with E-state index in [-0.39, 0.29) is 0 Å². The van der Waals surface area contributed by atoms with Gasteiger partial charge in [0.1, 0.15) is 5.52 Å². The molecule has 0 aliphatic heterocycles. The molecule has 0 atom stereocenters. The standard InChI is InChI=1S/C26H18N4S/c1-2-29-22-10-6-5-7-17(22)20-13-16(11-12-23(20)29)21-14-27-30-24-15-28-31-26(24)19-9-4-3-8-18(19)25(21)30/h3-15H,2H2,1H3.